The Labute approximate surface area is 287 Å². The Morgan fingerprint density at radius 3 is 1.93 bits per heavy atom. The lowest BCUT2D eigenvalue weighted by Crippen LogP contribution is -2.49. The van der Waals surface area contributed by atoms with Gasteiger partial charge in [0.15, 0.2) is 0 Å². The Hall–Kier alpha value is -1.32. The van der Waals surface area contributed by atoms with Crippen molar-refractivity contribution in [3.05, 3.63) is 35.9 Å². The molecule has 0 aromatic heterocycles. The molecule has 1 aromatic carbocycles. The number of alkyl halides is 4. The second-order valence-corrected chi connectivity index (χ2v) is 14.5. The number of nitrogens with two attached hydrogens (primary N) is 1. The lowest BCUT2D eigenvalue weighted by atomic mass is 10.1. The number of thioether (sulfide) groups is 1. The van der Waals surface area contributed by atoms with Crippen molar-refractivity contribution < 1.29 is 38.5 Å². The molecule has 45 heavy (non-hydrogen) atoms. The van der Waals surface area contributed by atoms with Gasteiger partial charge in [-0.05, 0) is 12.0 Å². The Morgan fingerprint density at radius 1 is 0.933 bits per heavy atom. The van der Waals surface area contributed by atoms with Gasteiger partial charge in [-0.2, -0.15) is 0 Å². The predicted molar refractivity (Wildman–Crippen MR) is 179 cm³/mol. The molecule has 0 radical (unpaired) electrons. The summed E-state index contributed by atoms with van der Waals surface area (Å²) in [6.45, 7) is 0.0394. The summed E-state index contributed by atoms with van der Waals surface area (Å²) in [5.41, 5.74) is 6.25. The number of nitrogens with zero attached hydrogens (tertiary/aromatic N) is 2. The molecule has 0 spiro atoms. The molecule has 6 N–H and O–H groups in total. The molecule has 0 saturated heterocycles. The maximum absolute atomic E-state index is 14.6. The van der Waals surface area contributed by atoms with Gasteiger partial charge in [0, 0.05) is 61.9 Å². The molecule has 0 aliphatic heterocycles. The van der Waals surface area contributed by atoms with Crippen molar-refractivity contribution in [3.63, 3.8) is 0 Å². The van der Waals surface area contributed by atoms with Gasteiger partial charge in [-0.1, -0.05) is 30.3 Å². The average Bonchev–Trinajstić information content (AvgIpc) is 3.01. The molecule has 2 amide bonds. The van der Waals surface area contributed by atoms with Crippen LogP contribution in [0, 0.1) is 0 Å². The third-order valence-corrected chi connectivity index (χ3v) is 10.9. The number of carboxylic acid groups (broad SMARTS) is 2. The van der Waals surface area contributed by atoms with Crippen LogP contribution in [0.5, 0.6) is 0 Å². The van der Waals surface area contributed by atoms with E-state index in [1.54, 1.807) is 21.5 Å². The fraction of sp³-hybridized carbons (Fsp3) is 0.615. The molecule has 0 aliphatic rings. The van der Waals surface area contributed by atoms with E-state index in [4.69, 9.17) is 66.9 Å². The molecule has 0 saturated carbocycles. The number of benzene rings is 1. The summed E-state index contributed by atoms with van der Waals surface area (Å²) in [6, 6.07) is 6.58. The number of carbonyl (C=O) groups is 4. The van der Waals surface area contributed by atoms with Gasteiger partial charge >= 0.3 is 19.6 Å². The van der Waals surface area contributed by atoms with E-state index in [-0.39, 0.29) is 74.9 Å². The number of hydrogen-bond donors (Lipinski definition) is 5. The molecule has 19 heteroatoms. The van der Waals surface area contributed by atoms with Gasteiger partial charge in [-0.25, -0.2) is 9.34 Å². The van der Waals surface area contributed by atoms with Crippen molar-refractivity contribution in [2.24, 2.45) is 5.73 Å². The summed E-state index contributed by atoms with van der Waals surface area (Å²) in [4.78, 5) is 47.6. The zero-order valence-electron chi connectivity index (χ0n) is 24.5. The number of halogens is 4. The lowest BCUT2D eigenvalue weighted by molar-refractivity contribution is -0.139. The van der Waals surface area contributed by atoms with Gasteiger partial charge in [-0.3, -0.25) is 23.7 Å². The normalized spacial score (nSPS) is 13.8. The molecule has 3 atom stereocenters. The van der Waals surface area contributed by atoms with Gasteiger partial charge in [-0.15, -0.1) is 58.2 Å². The third kappa shape index (κ3) is 15.4. The minimum Gasteiger partial charge on any atom is -0.480 e. The van der Waals surface area contributed by atoms with Crippen molar-refractivity contribution in [1.82, 2.24) is 20.0 Å². The number of carbonyl (C=O) groups excluding carboxylic acids is 2. The minimum absolute atomic E-state index is 0.0461. The van der Waals surface area contributed by atoms with E-state index < -0.39 is 55.3 Å². The number of aliphatic carboxylic acids is 2. The van der Waals surface area contributed by atoms with Gasteiger partial charge in [0.1, 0.15) is 18.6 Å². The van der Waals surface area contributed by atoms with Gasteiger partial charge < -0.3 is 31.1 Å². The van der Waals surface area contributed by atoms with E-state index in [1.807, 2.05) is 18.2 Å². The van der Waals surface area contributed by atoms with Crippen LogP contribution in [0.15, 0.2) is 30.3 Å². The molecule has 0 heterocycles. The first kappa shape index (κ1) is 41.7. The predicted octanol–water partition coefficient (Wildman–Crippen LogP) is 3.02. The quantitative estimate of drug-likeness (QED) is 0.0726. The van der Waals surface area contributed by atoms with Crippen molar-refractivity contribution in [2.75, 3.05) is 68.6 Å². The van der Waals surface area contributed by atoms with Crippen molar-refractivity contribution in [2.45, 2.75) is 30.2 Å². The highest BCUT2D eigenvalue weighted by atomic mass is 35.5. The molecule has 0 aliphatic carbocycles. The van der Waals surface area contributed by atoms with E-state index in [1.165, 1.54) is 11.8 Å². The first-order valence-corrected chi connectivity index (χ1v) is 18.6. The van der Waals surface area contributed by atoms with Crippen LogP contribution in [0.1, 0.15) is 23.7 Å². The Morgan fingerprint density at radius 2 is 1.47 bits per heavy atom. The number of amides is 2. The lowest BCUT2D eigenvalue weighted by Gasteiger charge is -2.38. The number of hydrogen-bond acceptors (Lipinski definition) is 8. The molecular formula is C26H40Cl4N5O8PS. The fourth-order valence-corrected chi connectivity index (χ4v) is 8.89. The topological polar surface area (TPSA) is 192 Å². The average molecular weight is 755 g/mol. The van der Waals surface area contributed by atoms with E-state index in [0.29, 0.717) is 0 Å². The smallest absolute Gasteiger partial charge is 0.346 e. The summed E-state index contributed by atoms with van der Waals surface area (Å²) < 4.78 is 24.0. The Balaban J connectivity index is 3.30. The minimum atomic E-state index is -3.78. The Kier molecular flexibility index (Phi) is 21.4. The molecule has 13 nitrogen and oxygen atoms in total. The zero-order chi connectivity index (χ0) is 33.8. The summed E-state index contributed by atoms with van der Waals surface area (Å²) >= 11 is 25.3. The van der Waals surface area contributed by atoms with Gasteiger partial charge in [0.25, 0.3) is 0 Å². The van der Waals surface area contributed by atoms with E-state index in [0.717, 1.165) is 5.56 Å². The van der Waals surface area contributed by atoms with Crippen LogP contribution >= 0.6 is 65.8 Å². The highest BCUT2D eigenvalue weighted by Crippen LogP contribution is 2.55. The second-order valence-electron chi connectivity index (χ2n) is 9.40. The fourth-order valence-electron chi connectivity index (χ4n) is 3.89. The first-order chi connectivity index (χ1) is 21.4. The van der Waals surface area contributed by atoms with Crippen LogP contribution in [-0.4, -0.2) is 124 Å². The molecule has 1 aromatic rings. The maximum Gasteiger partial charge on any atom is 0.346 e. The molecule has 2 unspecified atom stereocenters. The van der Waals surface area contributed by atoms with Crippen LogP contribution in [0.2, 0.25) is 0 Å². The van der Waals surface area contributed by atoms with Crippen LogP contribution in [0.3, 0.4) is 0 Å². The highest BCUT2D eigenvalue weighted by molar-refractivity contribution is 7.99. The largest absolute Gasteiger partial charge is 0.480 e. The van der Waals surface area contributed by atoms with E-state index in [2.05, 4.69) is 10.6 Å². The maximum atomic E-state index is 14.6. The number of rotatable bonds is 25. The molecule has 0 fully saturated rings. The third-order valence-electron chi connectivity index (χ3n) is 6.18. The summed E-state index contributed by atoms with van der Waals surface area (Å²) in [5.74, 6) is -3.39. The van der Waals surface area contributed by atoms with Crippen molar-refractivity contribution in [1.29, 1.82) is 0 Å². The molecule has 0 bridgehead atoms. The van der Waals surface area contributed by atoms with Crippen LogP contribution < -0.4 is 16.4 Å². The van der Waals surface area contributed by atoms with Gasteiger partial charge in [0.05, 0.1) is 11.9 Å². The monoisotopic (exact) mass is 753 g/mol. The zero-order valence-corrected chi connectivity index (χ0v) is 29.2. The van der Waals surface area contributed by atoms with Crippen molar-refractivity contribution >= 4 is 89.6 Å². The summed E-state index contributed by atoms with van der Waals surface area (Å²) in [6.07, 6.45) is -0.445. The van der Waals surface area contributed by atoms with Gasteiger partial charge in [0.2, 0.25) is 11.8 Å². The molecular weight excluding hydrogens is 715 g/mol. The van der Waals surface area contributed by atoms with Crippen molar-refractivity contribution in [3.8, 4) is 0 Å². The van der Waals surface area contributed by atoms with E-state index in [9.17, 15) is 23.7 Å². The first-order valence-electron chi connectivity index (χ1n) is 13.9. The second kappa shape index (κ2) is 23.1. The summed E-state index contributed by atoms with van der Waals surface area (Å²) in [5, 5.41) is 22.3. The van der Waals surface area contributed by atoms with Crippen LogP contribution in [-0.2, 0) is 28.3 Å². The summed E-state index contributed by atoms with van der Waals surface area (Å²) in [7, 11) is -3.78. The number of nitrogens with one attached hydrogen (secondary N) is 2. The number of carboxylic acids is 2. The molecule has 1 rings (SSSR count). The SMILES string of the molecule is N[C@@H](CCC(=O)NC(CSC(COP(=O)(N(CCCl)CCCl)N(CCCl)CCCl)c1ccccc1)C(=O)NCC(=O)O)C(=O)O. The standard InChI is InChI=1S/C26H40Cl4N5O8PS/c27-8-12-34(13-9-28)44(42,35(14-10-29)15-11-30)43-17-22(19-4-2-1-3-5-19)45-18-21(25(39)32-16-24(37)38)33-23(36)7-6-20(31)26(40)41/h1-5,20-22H,6-18,31H2,(H,32,39)(H,33,36)(H,37,38)(H,40,41)/t20-,21?,22?/m0/s1. The Bertz CT molecular complexity index is 1080. The van der Waals surface area contributed by atoms with Crippen LogP contribution in [0.25, 0.3) is 0 Å². The van der Waals surface area contributed by atoms with Crippen LogP contribution in [0.4, 0.5) is 0 Å². The highest BCUT2D eigenvalue weighted by Gasteiger charge is 2.39. The van der Waals surface area contributed by atoms with E-state index >= 15 is 0 Å². The molecule has 256 valence electrons.